The first-order chi connectivity index (χ1) is 12.0. The Morgan fingerprint density at radius 3 is 2.52 bits per heavy atom. The van der Waals surface area contributed by atoms with E-state index in [4.69, 9.17) is 4.74 Å². The fourth-order valence-electron chi connectivity index (χ4n) is 2.04. The van der Waals surface area contributed by atoms with Gasteiger partial charge in [-0.1, -0.05) is 18.2 Å². The standard InChI is InChI=1S/C17H15F2NO4S/c1-23-16(21)11-7-12(18)13(19)8-14(11)20-17(22)24-9-10-5-3-4-6-15(10)25-2/h3-8H,9H2,1-2H3,(H,20,22). The molecule has 8 heteroatoms. The topological polar surface area (TPSA) is 64.6 Å². The van der Waals surface area contributed by atoms with Crippen molar-refractivity contribution in [3.63, 3.8) is 0 Å². The molecule has 0 unspecified atom stereocenters. The highest BCUT2D eigenvalue weighted by atomic mass is 32.2. The summed E-state index contributed by atoms with van der Waals surface area (Å²) in [6.07, 6.45) is 0.982. The molecule has 0 aliphatic heterocycles. The second-order valence-electron chi connectivity index (χ2n) is 4.82. The number of esters is 1. The maximum absolute atomic E-state index is 13.4. The van der Waals surface area contributed by atoms with E-state index in [0.29, 0.717) is 12.1 Å². The quantitative estimate of drug-likeness (QED) is 0.633. The first kappa shape index (κ1) is 18.7. The summed E-state index contributed by atoms with van der Waals surface area (Å²) in [5.74, 6) is -3.36. The third-order valence-electron chi connectivity index (χ3n) is 3.25. The normalized spacial score (nSPS) is 10.2. The number of anilines is 1. The van der Waals surface area contributed by atoms with Crippen LogP contribution in [0.15, 0.2) is 41.3 Å². The van der Waals surface area contributed by atoms with Gasteiger partial charge < -0.3 is 9.47 Å². The summed E-state index contributed by atoms with van der Waals surface area (Å²) >= 11 is 1.50. The zero-order valence-corrected chi connectivity index (χ0v) is 14.3. The smallest absolute Gasteiger partial charge is 0.411 e. The van der Waals surface area contributed by atoms with Gasteiger partial charge >= 0.3 is 12.1 Å². The Hall–Kier alpha value is -2.61. The molecule has 25 heavy (non-hydrogen) atoms. The van der Waals surface area contributed by atoms with Crippen LogP contribution in [-0.4, -0.2) is 25.4 Å². The van der Waals surface area contributed by atoms with Crippen LogP contribution in [0.25, 0.3) is 0 Å². The minimum absolute atomic E-state index is 0.0138. The van der Waals surface area contributed by atoms with E-state index >= 15 is 0 Å². The SMILES string of the molecule is COC(=O)c1cc(F)c(F)cc1NC(=O)OCc1ccccc1SC. The lowest BCUT2D eigenvalue weighted by Crippen LogP contribution is -2.17. The van der Waals surface area contributed by atoms with Crippen molar-refractivity contribution in [3.05, 3.63) is 59.2 Å². The van der Waals surface area contributed by atoms with E-state index in [-0.39, 0.29) is 17.9 Å². The number of carbonyl (C=O) groups is 2. The second-order valence-corrected chi connectivity index (χ2v) is 5.66. The molecule has 1 N–H and O–H groups in total. The number of hydrogen-bond donors (Lipinski definition) is 1. The molecule has 0 fully saturated rings. The molecule has 1 amide bonds. The Balaban J connectivity index is 2.12. The fraction of sp³-hybridized carbons (Fsp3) is 0.176. The van der Waals surface area contributed by atoms with E-state index in [9.17, 15) is 18.4 Å². The average Bonchev–Trinajstić information content (AvgIpc) is 2.62. The number of thioether (sulfide) groups is 1. The van der Waals surface area contributed by atoms with Crippen LogP contribution in [0, 0.1) is 11.6 Å². The molecule has 0 heterocycles. The van der Waals surface area contributed by atoms with Crippen molar-refractivity contribution in [3.8, 4) is 0 Å². The van der Waals surface area contributed by atoms with E-state index in [1.54, 1.807) is 12.1 Å². The van der Waals surface area contributed by atoms with Crippen molar-refractivity contribution >= 4 is 29.5 Å². The van der Waals surface area contributed by atoms with E-state index < -0.39 is 23.7 Å². The highest BCUT2D eigenvalue weighted by Gasteiger charge is 2.19. The summed E-state index contributed by atoms with van der Waals surface area (Å²) < 4.78 is 36.3. The van der Waals surface area contributed by atoms with Crippen LogP contribution < -0.4 is 5.32 Å². The van der Waals surface area contributed by atoms with Crippen LogP contribution in [0.1, 0.15) is 15.9 Å². The van der Waals surface area contributed by atoms with Crippen LogP contribution in [0.2, 0.25) is 0 Å². The Labute approximate surface area is 147 Å². The lowest BCUT2D eigenvalue weighted by molar-refractivity contribution is 0.0601. The van der Waals surface area contributed by atoms with E-state index in [1.807, 2.05) is 18.4 Å². The third kappa shape index (κ3) is 4.69. The number of nitrogens with one attached hydrogen (secondary N) is 1. The summed E-state index contributed by atoms with van der Waals surface area (Å²) in [7, 11) is 1.09. The van der Waals surface area contributed by atoms with Crippen LogP contribution in [0.5, 0.6) is 0 Å². The van der Waals surface area contributed by atoms with Crippen LogP contribution in [0.4, 0.5) is 19.3 Å². The molecule has 0 radical (unpaired) electrons. The molecular weight excluding hydrogens is 352 g/mol. The number of carbonyl (C=O) groups excluding carboxylic acids is 2. The number of hydrogen-bond acceptors (Lipinski definition) is 5. The van der Waals surface area contributed by atoms with Crippen LogP contribution in [0.3, 0.4) is 0 Å². The number of methoxy groups -OCH3 is 1. The van der Waals surface area contributed by atoms with Gasteiger partial charge in [0, 0.05) is 16.5 Å². The Bertz CT molecular complexity index is 798. The van der Waals surface area contributed by atoms with Gasteiger partial charge in [0.15, 0.2) is 11.6 Å². The lowest BCUT2D eigenvalue weighted by atomic mass is 10.1. The maximum atomic E-state index is 13.4. The van der Waals surface area contributed by atoms with Crippen molar-refractivity contribution in [2.24, 2.45) is 0 Å². The highest BCUT2D eigenvalue weighted by Crippen LogP contribution is 2.23. The first-order valence-electron chi connectivity index (χ1n) is 7.09. The number of rotatable bonds is 5. The molecule has 132 valence electrons. The minimum Gasteiger partial charge on any atom is -0.465 e. The van der Waals surface area contributed by atoms with Gasteiger partial charge in [-0.15, -0.1) is 11.8 Å². The van der Waals surface area contributed by atoms with E-state index in [0.717, 1.165) is 17.6 Å². The number of halogens is 2. The Morgan fingerprint density at radius 1 is 1.16 bits per heavy atom. The van der Waals surface area contributed by atoms with E-state index in [1.165, 1.54) is 11.8 Å². The Kier molecular flexibility index (Phi) is 6.35. The number of ether oxygens (including phenoxy) is 2. The van der Waals surface area contributed by atoms with Crippen molar-refractivity contribution in [2.45, 2.75) is 11.5 Å². The van der Waals surface area contributed by atoms with Crippen molar-refractivity contribution < 1.29 is 27.8 Å². The third-order valence-corrected chi connectivity index (χ3v) is 4.09. The fourth-order valence-corrected chi connectivity index (χ4v) is 2.64. The van der Waals surface area contributed by atoms with Gasteiger partial charge in [0.1, 0.15) is 6.61 Å². The molecule has 0 saturated heterocycles. The number of amides is 1. The largest absolute Gasteiger partial charge is 0.465 e. The monoisotopic (exact) mass is 367 g/mol. The van der Waals surface area contributed by atoms with Gasteiger partial charge in [-0.3, -0.25) is 5.32 Å². The van der Waals surface area contributed by atoms with Gasteiger partial charge in [0.2, 0.25) is 0 Å². The molecule has 2 aromatic carbocycles. The van der Waals surface area contributed by atoms with Crippen molar-refractivity contribution in [1.82, 2.24) is 0 Å². The molecule has 5 nitrogen and oxygen atoms in total. The number of benzene rings is 2. The first-order valence-corrected chi connectivity index (χ1v) is 8.31. The average molecular weight is 367 g/mol. The molecule has 2 rings (SSSR count). The predicted molar refractivity (Wildman–Crippen MR) is 89.7 cm³/mol. The molecular formula is C17H15F2NO4S. The zero-order chi connectivity index (χ0) is 18.4. The van der Waals surface area contributed by atoms with Crippen molar-refractivity contribution in [1.29, 1.82) is 0 Å². The molecule has 0 bridgehead atoms. The molecule has 0 saturated carbocycles. The molecule has 0 aliphatic rings. The molecule has 2 aromatic rings. The lowest BCUT2D eigenvalue weighted by Gasteiger charge is -2.12. The summed E-state index contributed by atoms with van der Waals surface area (Å²) in [5.41, 5.74) is 0.236. The molecule has 0 atom stereocenters. The van der Waals surface area contributed by atoms with Crippen LogP contribution in [-0.2, 0) is 16.1 Å². The molecule has 0 spiro atoms. The molecule has 0 aliphatic carbocycles. The van der Waals surface area contributed by atoms with Gasteiger partial charge in [-0.2, -0.15) is 0 Å². The van der Waals surface area contributed by atoms with Gasteiger partial charge in [-0.25, -0.2) is 18.4 Å². The summed E-state index contributed by atoms with van der Waals surface area (Å²) in [5, 5.41) is 2.23. The van der Waals surface area contributed by atoms with Crippen molar-refractivity contribution in [2.75, 3.05) is 18.7 Å². The van der Waals surface area contributed by atoms with E-state index in [2.05, 4.69) is 10.1 Å². The summed E-state index contributed by atoms with van der Waals surface area (Å²) in [6, 6.07) is 8.70. The van der Waals surface area contributed by atoms with Gasteiger partial charge in [0.25, 0.3) is 0 Å². The maximum Gasteiger partial charge on any atom is 0.411 e. The second kappa shape index (κ2) is 8.48. The minimum atomic E-state index is -1.23. The van der Waals surface area contributed by atoms with Gasteiger partial charge in [0.05, 0.1) is 18.4 Å². The summed E-state index contributed by atoms with van der Waals surface area (Å²) in [6.45, 7) is -0.0138. The van der Waals surface area contributed by atoms with Crippen LogP contribution >= 0.6 is 11.8 Å². The highest BCUT2D eigenvalue weighted by molar-refractivity contribution is 7.98. The Morgan fingerprint density at radius 2 is 1.84 bits per heavy atom. The summed E-state index contributed by atoms with van der Waals surface area (Å²) in [4.78, 5) is 24.5. The predicted octanol–water partition coefficient (Wildman–Crippen LogP) is 4.22. The zero-order valence-electron chi connectivity index (χ0n) is 13.5. The molecule has 0 aromatic heterocycles. The van der Waals surface area contributed by atoms with Gasteiger partial charge in [-0.05, 0) is 18.4 Å².